The molecule has 1 atom stereocenters. The molecule has 0 aliphatic carbocycles. The molecule has 0 spiro atoms. The van der Waals surface area contributed by atoms with Crippen molar-refractivity contribution >= 4 is 8.17 Å². The quantitative estimate of drug-likeness (QED) is 0.626. The van der Waals surface area contributed by atoms with E-state index < -0.39 is 20.8 Å². The molecule has 2 N–H and O–H groups in total. The molecule has 5 nitrogen and oxygen atoms in total. The molecule has 0 saturated carbocycles. The minimum absolute atomic E-state index is 0.168. The van der Waals surface area contributed by atoms with E-state index in [0.717, 1.165) is 5.56 Å². The molecule has 7 heteroatoms. The number of aliphatic hydroxyl groups excluding tert-OH is 1. The Kier molecular flexibility index (Phi) is 4.79. The number of hydrogen-bond donors (Lipinski definition) is 2. The summed E-state index contributed by atoms with van der Waals surface area (Å²) in [6.45, 7) is 10.8. The van der Waals surface area contributed by atoms with Crippen LogP contribution >= 0.6 is 8.17 Å². The summed E-state index contributed by atoms with van der Waals surface area (Å²) in [5.41, 5.74) is 0.888. The zero-order valence-corrected chi connectivity index (χ0v) is 15.3. The second-order valence-electron chi connectivity index (χ2n) is 7.68. The van der Waals surface area contributed by atoms with Crippen molar-refractivity contribution in [1.82, 2.24) is 0 Å². The third kappa shape index (κ3) is 3.67. The molecule has 1 aromatic rings. The van der Waals surface area contributed by atoms with Gasteiger partial charge in [-0.15, -0.1) is 9.05 Å². The third-order valence-electron chi connectivity index (χ3n) is 3.72. The highest BCUT2D eigenvalue weighted by molar-refractivity contribution is 7.55. The van der Waals surface area contributed by atoms with Gasteiger partial charge >= 0.3 is 8.17 Å². The molecule has 1 aliphatic rings. The Hall–Kier alpha value is -0.780. The number of rotatable bonds is 2. The maximum absolute atomic E-state index is 14.9. The summed E-state index contributed by atoms with van der Waals surface area (Å²) in [6.07, 6.45) is 0. The van der Waals surface area contributed by atoms with Crippen LogP contribution in [0.3, 0.4) is 0 Å². The zero-order chi connectivity index (χ0) is 17.6. The predicted octanol–water partition coefficient (Wildman–Crippen LogP) is 3.97. The molecule has 0 saturated heterocycles. The molecule has 23 heavy (non-hydrogen) atoms. The van der Waals surface area contributed by atoms with E-state index in [-0.39, 0.29) is 28.7 Å². The summed E-state index contributed by atoms with van der Waals surface area (Å²) in [6, 6.07) is 1.78. The van der Waals surface area contributed by atoms with Crippen LogP contribution in [0.2, 0.25) is 0 Å². The number of benzene rings is 1. The summed E-state index contributed by atoms with van der Waals surface area (Å²) in [5.74, 6) is -0.144. The van der Waals surface area contributed by atoms with Crippen molar-refractivity contribution < 1.29 is 28.0 Å². The van der Waals surface area contributed by atoms with E-state index in [1.165, 1.54) is 0 Å². The van der Waals surface area contributed by atoms with E-state index in [1.54, 1.807) is 6.07 Å². The molecule has 1 unspecified atom stereocenters. The molecule has 0 fully saturated rings. The van der Waals surface area contributed by atoms with Crippen molar-refractivity contribution in [3.05, 3.63) is 28.6 Å². The van der Waals surface area contributed by atoms with E-state index in [1.807, 2.05) is 41.5 Å². The van der Waals surface area contributed by atoms with Crippen LogP contribution in [-0.2, 0) is 26.5 Å². The maximum atomic E-state index is 14.9. The normalized spacial score (nSPS) is 21.8. The standard InChI is InChI=1S/C16H25FO5P/c1-15(2,3)11-7-12(16(4,5)6)14-10(13(11)17)8-20-23(19,22-14)21-9-18/h7,18-19H,8-9H2,1-6H3/q+1. The van der Waals surface area contributed by atoms with E-state index in [2.05, 4.69) is 0 Å². The number of aliphatic hydroxyl groups is 1. The highest BCUT2D eigenvalue weighted by atomic mass is 31.2. The van der Waals surface area contributed by atoms with Crippen molar-refractivity contribution in [3.63, 3.8) is 0 Å². The van der Waals surface area contributed by atoms with Gasteiger partial charge in [-0.2, -0.15) is 4.89 Å². The predicted molar refractivity (Wildman–Crippen MR) is 86.5 cm³/mol. The average molecular weight is 347 g/mol. The van der Waals surface area contributed by atoms with Crippen molar-refractivity contribution in [2.75, 3.05) is 6.79 Å². The Balaban J connectivity index is 2.67. The lowest BCUT2D eigenvalue weighted by Crippen LogP contribution is -2.25. The first-order chi connectivity index (χ1) is 10.4. The van der Waals surface area contributed by atoms with Crippen LogP contribution in [0, 0.1) is 5.82 Å². The van der Waals surface area contributed by atoms with Crippen LogP contribution in [0.1, 0.15) is 58.2 Å². The van der Waals surface area contributed by atoms with Gasteiger partial charge in [-0.3, -0.25) is 4.52 Å². The summed E-state index contributed by atoms with van der Waals surface area (Å²) in [7, 11) is -3.68. The molecule has 0 aromatic heterocycles. The van der Waals surface area contributed by atoms with Gasteiger partial charge < -0.3 is 5.11 Å². The summed E-state index contributed by atoms with van der Waals surface area (Å²) in [5, 5.41) is 8.88. The van der Waals surface area contributed by atoms with Gasteiger partial charge in [0.1, 0.15) is 12.4 Å². The molecular formula is C16H25FO5P+. The molecular weight excluding hydrogens is 322 g/mol. The summed E-state index contributed by atoms with van der Waals surface area (Å²) < 4.78 is 30.4. The molecule has 0 bridgehead atoms. The van der Waals surface area contributed by atoms with E-state index >= 15 is 0 Å². The SMILES string of the molecule is CC(C)(C)c1cc(C(C)(C)C)c2c(c1F)CO[P+](O)(OCO)O2. The van der Waals surface area contributed by atoms with Gasteiger partial charge in [-0.25, -0.2) is 4.39 Å². The summed E-state index contributed by atoms with van der Waals surface area (Å²) >= 11 is 0. The molecule has 130 valence electrons. The second kappa shape index (κ2) is 5.94. The van der Waals surface area contributed by atoms with Crippen LogP contribution in [0.4, 0.5) is 4.39 Å². The van der Waals surface area contributed by atoms with Crippen molar-refractivity contribution in [2.45, 2.75) is 59.0 Å². The Morgan fingerprint density at radius 3 is 2.22 bits per heavy atom. The number of hydrogen-bond acceptors (Lipinski definition) is 5. The first kappa shape index (κ1) is 18.6. The first-order valence-electron chi connectivity index (χ1n) is 7.47. The lowest BCUT2D eigenvalue weighted by Gasteiger charge is -2.31. The van der Waals surface area contributed by atoms with Gasteiger partial charge in [0.25, 0.3) is 0 Å². The van der Waals surface area contributed by atoms with Crippen LogP contribution in [0.5, 0.6) is 5.75 Å². The zero-order valence-electron chi connectivity index (χ0n) is 14.4. The van der Waals surface area contributed by atoms with Gasteiger partial charge in [0.15, 0.2) is 12.5 Å². The van der Waals surface area contributed by atoms with Gasteiger partial charge in [-0.1, -0.05) is 41.5 Å². The minimum Gasteiger partial charge on any atom is -0.367 e. The molecule has 1 aromatic carbocycles. The van der Waals surface area contributed by atoms with Gasteiger partial charge in [0.2, 0.25) is 0 Å². The highest BCUT2D eigenvalue weighted by Crippen LogP contribution is 2.63. The minimum atomic E-state index is -3.68. The van der Waals surface area contributed by atoms with Gasteiger partial charge in [0.05, 0.1) is 5.56 Å². The van der Waals surface area contributed by atoms with Gasteiger partial charge in [-0.05, 0) is 22.5 Å². The van der Waals surface area contributed by atoms with Gasteiger partial charge in [0, 0.05) is 5.56 Å². The maximum Gasteiger partial charge on any atom is 0.621 e. The smallest absolute Gasteiger partial charge is 0.367 e. The first-order valence-corrected chi connectivity index (χ1v) is 8.96. The fraction of sp³-hybridized carbons (Fsp3) is 0.625. The monoisotopic (exact) mass is 347 g/mol. The molecule has 1 aliphatic heterocycles. The largest absolute Gasteiger partial charge is 0.621 e. The topological polar surface area (TPSA) is 68.2 Å². The highest BCUT2D eigenvalue weighted by Gasteiger charge is 2.52. The van der Waals surface area contributed by atoms with Crippen LogP contribution in [0.25, 0.3) is 0 Å². The fourth-order valence-electron chi connectivity index (χ4n) is 2.46. The Morgan fingerprint density at radius 1 is 1.17 bits per heavy atom. The number of fused-ring (bicyclic) bond motifs is 1. The Labute approximate surface area is 137 Å². The molecule has 2 rings (SSSR count). The number of halogens is 1. The van der Waals surface area contributed by atoms with Crippen LogP contribution < -0.4 is 4.52 Å². The van der Waals surface area contributed by atoms with E-state index in [4.69, 9.17) is 18.7 Å². The van der Waals surface area contributed by atoms with Crippen LogP contribution in [-0.4, -0.2) is 16.8 Å². The fourth-order valence-corrected chi connectivity index (χ4v) is 3.52. The van der Waals surface area contributed by atoms with Crippen molar-refractivity contribution in [2.24, 2.45) is 0 Å². The second-order valence-corrected chi connectivity index (χ2v) is 9.32. The average Bonchev–Trinajstić information content (AvgIpc) is 2.35. The lowest BCUT2D eigenvalue weighted by molar-refractivity contribution is 0.0273. The van der Waals surface area contributed by atoms with E-state index in [0.29, 0.717) is 5.56 Å². The molecule has 1 heterocycles. The molecule has 0 radical (unpaired) electrons. The van der Waals surface area contributed by atoms with Crippen LogP contribution in [0.15, 0.2) is 6.07 Å². The summed E-state index contributed by atoms with van der Waals surface area (Å²) in [4.78, 5) is 10.2. The Bertz CT molecular complexity index is 606. The molecule has 0 amide bonds. The Morgan fingerprint density at radius 2 is 1.74 bits per heavy atom. The van der Waals surface area contributed by atoms with Crippen molar-refractivity contribution in [1.29, 1.82) is 0 Å². The van der Waals surface area contributed by atoms with E-state index in [9.17, 15) is 9.28 Å². The lowest BCUT2D eigenvalue weighted by atomic mass is 9.78. The third-order valence-corrected chi connectivity index (χ3v) is 5.03. The van der Waals surface area contributed by atoms with Crippen molar-refractivity contribution in [3.8, 4) is 5.75 Å².